The molecule has 0 aliphatic rings. The van der Waals surface area contributed by atoms with E-state index in [9.17, 15) is 0 Å². The van der Waals surface area contributed by atoms with Crippen LogP contribution < -0.4 is 5.73 Å². The highest BCUT2D eigenvalue weighted by Crippen LogP contribution is 2.18. The van der Waals surface area contributed by atoms with Crippen molar-refractivity contribution in [2.75, 3.05) is 0 Å². The molecule has 0 spiro atoms. The summed E-state index contributed by atoms with van der Waals surface area (Å²) in [6, 6.07) is 1.88. The summed E-state index contributed by atoms with van der Waals surface area (Å²) in [5.41, 5.74) is 10.9. The van der Waals surface area contributed by atoms with Gasteiger partial charge in [-0.15, -0.1) is 11.3 Å². The molecule has 0 bridgehead atoms. The van der Waals surface area contributed by atoms with Crippen LogP contribution in [0.5, 0.6) is 0 Å². The quantitative estimate of drug-likeness (QED) is 0.814. The maximum Gasteiger partial charge on any atom is 0.0795 e. The fraction of sp³-hybridized carbons (Fsp3) is 0.200. The van der Waals surface area contributed by atoms with E-state index in [0.29, 0.717) is 0 Å². The summed E-state index contributed by atoms with van der Waals surface area (Å²) in [5, 5.41) is 1.97. The Balaban J connectivity index is 2.32. The first-order valence-electron chi connectivity index (χ1n) is 4.32. The fourth-order valence-electron chi connectivity index (χ4n) is 1.29. The number of nitrogens with two attached hydrogens (primary N) is 1. The lowest BCUT2D eigenvalue weighted by Gasteiger charge is -2.08. The summed E-state index contributed by atoms with van der Waals surface area (Å²) >= 11 is 1.56. The predicted octanol–water partition coefficient (Wildman–Crippen LogP) is 1.89. The van der Waals surface area contributed by atoms with E-state index in [1.54, 1.807) is 23.0 Å². The summed E-state index contributed by atoms with van der Waals surface area (Å²) in [4.78, 5) is 8.30. The van der Waals surface area contributed by atoms with E-state index in [-0.39, 0.29) is 6.04 Å². The maximum absolute atomic E-state index is 6.03. The zero-order valence-electron chi connectivity index (χ0n) is 7.84. The van der Waals surface area contributed by atoms with E-state index in [4.69, 9.17) is 5.73 Å². The molecule has 0 saturated carbocycles. The minimum Gasteiger partial charge on any atom is -0.319 e. The van der Waals surface area contributed by atoms with Gasteiger partial charge >= 0.3 is 0 Å². The number of nitrogens with zero attached hydrogens (tertiary/aromatic N) is 2. The molecule has 2 rings (SSSR count). The molecule has 2 N–H and O–H groups in total. The minimum atomic E-state index is -0.159. The number of pyridine rings is 1. The Hall–Kier alpha value is -1.26. The van der Waals surface area contributed by atoms with E-state index in [1.165, 1.54) is 0 Å². The van der Waals surface area contributed by atoms with Crippen molar-refractivity contribution >= 4 is 11.3 Å². The second-order valence-corrected chi connectivity index (χ2v) is 3.91. The Kier molecular flexibility index (Phi) is 2.56. The van der Waals surface area contributed by atoms with Crippen molar-refractivity contribution < 1.29 is 0 Å². The molecule has 0 aromatic carbocycles. The van der Waals surface area contributed by atoms with Crippen LogP contribution >= 0.6 is 11.3 Å². The van der Waals surface area contributed by atoms with Gasteiger partial charge in [0.15, 0.2) is 0 Å². The molecular formula is C10H11N3S. The molecule has 4 heteroatoms. The van der Waals surface area contributed by atoms with Crippen LogP contribution in [0.25, 0.3) is 0 Å². The first-order valence-corrected chi connectivity index (χ1v) is 5.27. The van der Waals surface area contributed by atoms with Crippen molar-refractivity contribution in [3.05, 3.63) is 46.2 Å². The summed E-state index contributed by atoms with van der Waals surface area (Å²) < 4.78 is 0. The smallest absolute Gasteiger partial charge is 0.0795 e. The van der Waals surface area contributed by atoms with Gasteiger partial charge in [-0.2, -0.15) is 0 Å². The van der Waals surface area contributed by atoms with Gasteiger partial charge in [0.25, 0.3) is 0 Å². The van der Waals surface area contributed by atoms with Gasteiger partial charge in [0.1, 0.15) is 0 Å². The third-order valence-electron chi connectivity index (χ3n) is 2.03. The average Bonchev–Trinajstić information content (AvgIpc) is 2.69. The van der Waals surface area contributed by atoms with Gasteiger partial charge in [-0.05, 0) is 18.1 Å². The second kappa shape index (κ2) is 3.86. The maximum atomic E-state index is 6.03. The number of hydrogen-bond acceptors (Lipinski definition) is 4. The first-order chi connectivity index (χ1) is 6.77. The van der Waals surface area contributed by atoms with Crippen LogP contribution in [0.1, 0.15) is 22.9 Å². The highest BCUT2D eigenvalue weighted by atomic mass is 32.1. The number of thiazole rings is 1. The van der Waals surface area contributed by atoms with Crippen molar-refractivity contribution in [2.24, 2.45) is 5.73 Å². The van der Waals surface area contributed by atoms with Crippen molar-refractivity contribution in [3.63, 3.8) is 0 Å². The number of aromatic nitrogens is 2. The summed E-state index contributed by atoms with van der Waals surface area (Å²) in [7, 11) is 0. The molecular weight excluding hydrogens is 194 g/mol. The molecule has 2 aromatic heterocycles. The zero-order valence-corrected chi connectivity index (χ0v) is 8.66. The van der Waals surface area contributed by atoms with Crippen LogP contribution in [0, 0.1) is 6.92 Å². The monoisotopic (exact) mass is 205 g/mol. The Labute approximate surface area is 86.6 Å². The lowest BCUT2D eigenvalue weighted by Crippen LogP contribution is -2.12. The van der Waals surface area contributed by atoms with Crippen molar-refractivity contribution in [2.45, 2.75) is 13.0 Å². The fourth-order valence-corrected chi connectivity index (χ4v) is 1.88. The topological polar surface area (TPSA) is 51.8 Å². The molecule has 1 atom stereocenters. The Morgan fingerprint density at radius 3 is 2.93 bits per heavy atom. The van der Waals surface area contributed by atoms with E-state index in [2.05, 4.69) is 9.97 Å². The molecule has 0 aliphatic carbocycles. The minimum absolute atomic E-state index is 0.159. The summed E-state index contributed by atoms with van der Waals surface area (Å²) in [6.45, 7) is 2.00. The van der Waals surface area contributed by atoms with Crippen LogP contribution in [0.15, 0.2) is 29.4 Å². The molecule has 0 fully saturated rings. The molecule has 72 valence electrons. The standard InChI is InChI=1S/C10H11N3S/c1-7-2-8(4-12-3-7)10(11)9-5-14-6-13-9/h2-6,10H,11H2,1H3. The van der Waals surface area contributed by atoms with E-state index in [0.717, 1.165) is 16.8 Å². The molecule has 0 saturated heterocycles. The number of rotatable bonds is 2. The molecule has 0 radical (unpaired) electrons. The van der Waals surface area contributed by atoms with Crippen molar-refractivity contribution in [1.29, 1.82) is 0 Å². The molecule has 1 unspecified atom stereocenters. The molecule has 0 amide bonds. The molecule has 2 aromatic rings. The normalized spacial score (nSPS) is 12.7. The van der Waals surface area contributed by atoms with E-state index < -0.39 is 0 Å². The first kappa shape index (κ1) is 9.30. The average molecular weight is 205 g/mol. The van der Waals surface area contributed by atoms with Gasteiger partial charge in [0, 0.05) is 17.8 Å². The van der Waals surface area contributed by atoms with Gasteiger partial charge < -0.3 is 5.73 Å². The Morgan fingerprint density at radius 2 is 2.29 bits per heavy atom. The van der Waals surface area contributed by atoms with Gasteiger partial charge in [-0.1, -0.05) is 6.07 Å². The van der Waals surface area contributed by atoms with Gasteiger partial charge in [-0.25, -0.2) is 4.98 Å². The van der Waals surface area contributed by atoms with Gasteiger partial charge in [0.2, 0.25) is 0 Å². The third-order valence-corrected chi connectivity index (χ3v) is 2.63. The van der Waals surface area contributed by atoms with Gasteiger partial charge in [-0.3, -0.25) is 4.98 Å². The highest BCUT2D eigenvalue weighted by molar-refractivity contribution is 7.07. The van der Waals surface area contributed by atoms with E-state index >= 15 is 0 Å². The van der Waals surface area contributed by atoms with Gasteiger partial charge in [0.05, 0.1) is 17.2 Å². The van der Waals surface area contributed by atoms with E-state index in [1.807, 2.05) is 24.6 Å². The van der Waals surface area contributed by atoms with Crippen LogP contribution in [0.4, 0.5) is 0 Å². The Morgan fingerprint density at radius 1 is 1.43 bits per heavy atom. The number of hydrogen-bond donors (Lipinski definition) is 1. The summed E-state index contributed by atoms with van der Waals surface area (Å²) in [6.07, 6.45) is 3.61. The molecule has 0 aliphatic heterocycles. The zero-order chi connectivity index (χ0) is 9.97. The van der Waals surface area contributed by atoms with Crippen LogP contribution in [-0.4, -0.2) is 9.97 Å². The van der Waals surface area contributed by atoms with Crippen LogP contribution in [-0.2, 0) is 0 Å². The lowest BCUT2D eigenvalue weighted by atomic mass is 10.1. The Bertz CT molecular complexity index is 411. The predicted molar refractivity (Wildman–Crippen MR) is 57.1 cm³/mol. The lowest BCUT2D eigenvalue weighted by molar-refractivity contribution is 0.830. The SMILES string of the molecule is Cc1cncc(C(N)c2cscn2)c1. The molecule has 2 heterocycles. The van der Waals surface area contributed by atoms with Crippen LogP contribution in [0.2, 0.25) is 0 Å². The summed E-state index contributed by atoms with van der Waals surface area (Å²) in [5.74, 6) is 0. The second-order valence-electron chi connectivity index (χ2n) is 3.19. The largest absolute Gasteiger partial charge is 0.319 e. The highest BCUT2D eigenvalue weighted by Gasteiger charge is 2.10. The molecule has 14 heavy (non-hydrogen) atoms. The number of aryl methyl sites for hydroxylation is 1. The molecule has 3 nitrogen and oxygen atoms in total. The van der Waals surface area contributed by atoms with Crippen molar-refractivity contribution in [1.82, 2.24) is 9.97 Å². The van der Waals surface area contributed by atoms with Crippen molar-refractivity contribution in [3.8, 4) is 0 Å². The van der Waals surface area contributed by atoms with Crippen LogP contribution in [0.3, 0.4) is 0 Å². The third kappa shape index (κ3) is 1.81.